The first-order valence-corrected chi connectivity index (χ1v) is 24.3. The number of para-hydroxylation sites is 2. The molecule has 350 valence electrons. The van der Waals surface area contributed by atoms with Gasteiger partial charge in [0.15, 0.2) is 0 Å². The Hall–Kier alpha value is -3.77. The van der Waals surface area contributed by atoms with Gasteiger partial charge in [0.2, 0.25) is 0 Å². The number of Topliss-reactive ketones (excluding diaryl/α,β-unsaturated/α-hetero) is 3. The Morgan fingerprint density at radius 1 is 0.597 bits per heavy atom. The Bertz CT molecular complexity index is 1380. The minimum Gasteiger partial charge on any atom is -0.497 e. The van der Waals surface area contributed by atoms with E-state index in [4.69, 9.17) is 14.2 Å². The average molecular weight is 859 g/mol. The number of hydrogen-bond acceptors (Lipinski definition) is 6. The number of rotatable bonds is 13. The van der Waals surface area contributed by atoms with Gasteiger partial charge in [-0.3, -0.25) is 9.59 Å². The van der Waals surface area contributed by atoms with Crippen LogP contribution in [0, 0.1) is 17.8 Å². The molecule has 0 spiro atoms. The minimum absolute atomic E-state index is 0.318. The number of carbonyl (C=O) groups excluding carboxylic acids is 3. The highest BCUT2D eigenvalue weighted by Crippen LogP contribution is 2.32. The van der Waals surface area contributed by atoms with Gasteiger partial charge in [0, 0.05) is 44.8 Å². The van der Waals surface area contributed by atoms with Gasteiger partial charge in [-0.15, -0.1) is 0 Å². The van der Waals surface area contributed by atoms with Crippen LogP contribution in [0.25, 0.3) is 0 Å². The third-order valence-corrected chi connectivity index (χ3v) is 10.9. The molecule has 0 N–H and O–H groups in total. The van der Waals surface area contributed by atoms with Crippen molar-refractivity contribution in [1.29, 1.82) is 0 Å². The molecular formula is C56H90O6. The lowest BCUT2D eigenvalue weighted by molar-refractivity contribution is -0.124. The smallest absolute Gasteiger partial charge is 0.135 e. The molecule has 3 aliphatic rings. The van der Waals surface area contributed by atoms with E-state index in [0.717, 1.165) is 100 Å². The lowest BCUT2D eigenvalue weighted by Crippen LogP contribution is -2.14. The summed E-state index contributed by atoms with van der Waals surface area (Å²) in [5.74, 6) is 5.84. The lowest BCUT2D eigenvalue weighted by Gasteiger charge is -2.21. The highest BCUT2D eigenvalue weighted by molar-refractivity contribution is 5.81. The van der Waals surface area contributed by atoms with Gasteiger partial charge in [-0.05, 0) is 112 Å². The van der Waals surface area contributed by atoms with Crippen LogP contribution in [0.5, 0.6) is 11.5 Å². The number of benzene rings is 3. The zero-order valence-electron chi connectivity index (χ0n) is 41.0. The van der Waals surface area contributed by atoms with E-state index in [2.05, 4.69) is 65.0 Å². The van der Waals surface area contributed by atoms with E-state index >= 15 is 0 Å². The highest BCUT2D eigenvalue weighted by Gasteiger charge is 2.16. The topological polar surface area (TPSA) is 78.9 Å². The summed E-state index contributed by atoms with van der Waals surface area (Å²) in [6.45, 7) is 16.6. The van der Waals surface area contributed by atoms with Gasteiger partial charge in [-0.25, -0.2) is 0 Å². The SMILES string of the molecule is CC(C)CCOCCC(C)C.CC1CCCCC1=O.CCCCCC(C)=O.COc1ccccc1.COc1ccccc1.O=C1CCCCC1.c1ccc(C2CCCCC2)cc1. The standard InChI is InChI=1S/C12H16.C10H22O.2C7H8O.C7H12O.C7H14O.C6H10O/c1-3-7-11(8-4-1)12-9-5-2-6-10-12;1-9(2)5-7-11-8-6-10(3)4;2*1-8-7-5-3-2-4-6-7;1-6-4-2-3-5-7(6)8;1-3-4-5-6-7(2)8;7-6-4-2-1-3-5-6/h1,3-4,7-8,12H,2,5-6,9-10H2;9-10H,5-8H2,1-4H3;2*2-6H,1H3;6H,2-5H2,1H3;3-6H2,1-2H3;1-5H2. The minimum atomic E-state index is 0.318. The van der Waals surface area contributed by atoms with E-state index in [1.54, 1.807) is 26.7 Å². The third kappa shape index (κ3) is 36.8. The maximum Gasteiger partial charge on any atom is 0.135 e. The Morgan fingerprint density at radius 2 is 1.03 bits per heavy atom. The molecule has 0 heterocycles. The fraction of sp³-hybridized carbons (Fsp3) is 0.625. The molecule has 0 radical (unpaired) electrons. The molecule has 3 aliphatic carbocycles. The fourth-order valence-electron chi connectivity index (χ4n) is 6.74. The summed E-state index contributed by atoms with van der Waals surface area (Å²) in [6, 6.07) is 30.3. The van der Waals surface area contributed by atoms with Crippen molar-refractivity contribution in [3.63, 3.8) is 0 Å². The maximum absolute atomic E-state index is 10.8. The van der Waals surface area contributed by atoms with Crippen molar-refractivity contribution in [1.82, 2.24) is 0 Å². The molecule has 1 atom stereocenters. The average Bonchev–Trinajstić information content (AvgIpc) is 3.30. The van der Waals surface area contributed by atoms with E-state index in [0.29, 0.717) is 23.3 Å². The Morgan fingerprint density at radius 3 is 1.37 bits per heavy atom. The van der Waals surface area contributed by atoms with E-state index in [1.807, 2.05) is 67.6 Å². The van der Waals surface area contributed by atoms with Gasteiger partial charge in [0.05, 0.1) is 14.2 Å². The zero-order chi connectivity index (χ0) is 46.1. The molecule has 0 aliphatic heterocycles. The van der Waals surface area contributed by atoms with Crippen LogP contribution in [0.3, 0.4) is 0 Å². The molecule has 6 heteroatoms. The number of hydrogen-bond donors (Lipinski definition) is 0. The Labute approximate surface area is 380 Å². The monoisotopic (exact) mass is 859 g/mol. The number of ketones is 3. The number of ether oxygens (including phenoxy) is 3. The predicted octanol–water partition coefficient (Wildman–Crippen LogP) is 15.7. The summed E-state index contributed by atoms with van der Waals surface area (Å²) in [5.41, 5.74) is 1.55. The van der Waals surface area contributed by atoms with Gasteiger partial charge in [-0.2, -0.15) is 0 Å². The first kappa shape index (κ1) is 58.2. The molecule has 3 aromatic carbocycles. The molecule has 3 saturated carbocycles. The predicted molar refractivity (Wildman–Crippen MR) is 264 cm³/mol. The summed E-state index contributed by atoms with van der Waals surface area (Å²) < 4.78 is 15.3. The fourth-order valence-corrected chi connectivity index (χ4v) is 6.74. The van der Waals surface area contributed by atoms with Crippen molar-refractivity contribution in [3.05, 3.63) is 96.6 Å². The second-order valence-corrected chi connectivity index (χ2v) is 17.6. The van der Waals surface area contributed by atoms with Crippen molar-refractivity contribution >= 4 is 17.3 Å². The van der Waals surface area contributed by atoms with Gasteiger partial charge < -0.3 is 19.0 Å². The maximum atomic E-state index is 10.8. The Balaban J connectivity index is 0.000000706. The first-order chi connectivity index (χ1) is 29.9. The molecule has 0 aromatic heterocycles. The van der Waals surface area contributed by atoms with Crippen LogP contribution in [-0.4, -0.2) is 44.8 Å². The van der Waals surface area contributed by atoms with E-state index in [1.165, 1.54) is 70.6 Å². The first-order valence-electron chi connectivity index (χ1n) is 24.3. The number of carbonyl (C=O) groups is 3. The summed E-state index contributed by atoms with van der Waals surface area (Å²) >= 11 is 0. The number of unbranched alkanes of at least 4 members (excludes halogenated alkanes) is 2. The van der Waals surface area contributed by atoms with Crippen LogP contribution in [0.4, 0.5) is 0 Å². The van der Waals surface area contributed by atoms with Crippen molar-refractivity contribution in [2.24, 2.45) is 17.8 Å². The van der Waals surface area contributed by atoms with Gasteiger partial charge in [0.25, 0.3) is 0 Å². The molecule has 6 rings (SSSR count). The normalized spacial score (nSPS) is 15.7. The molecular weight excluding hydrogens is 769 g/mol. The summed E-state index contributed by atoms with van der Waals surface area (Å²) in [5, 5.41) is 0. The second kappa shape index (κ2) is 41.3. The molecule has 62 heavy (non-hydrogen) atoms. The molecule has 3 fully saturated rings. The lowest BCUT2D eigenvalue weighted by atomic mass is 9.84. The van der Waals surface area contributed by atoms with Gasteiger partial charge in [-0.1, -0.05) is 153 Å². The van der Waals surface area contributed by atoms with Crippen LogP contribution in [-0.2, 0) is 19.1 Å². The van der Waals surface area contributed by atoms with Crippen LogP contribution in [0.1, 0.15) is 188 Å². The van der Waals surface area contributed by atoms with Crippen molar-refractivity contribution in [2.45, 2.75) is 183 Å². The van der Waals surface area contributed by atoms with Crippen LogP contribution in [0.15, 0.2) is 91.0 Å². The molecule has 6 nitrogen and oxygen atoms in total. The zero-order valence-corrected chi connectivity index (χ0v) is 41.0. The summed E-state index contributed by atoms with van der Waals surface area (Å²) in [6.07, 6.45) is 23.3. The summed E-state index contributed by atoms with van der Waals surface area (Å²) in [4.78, 5) is 31.6. The van der Waals surface area contributed by atoms with Crippen LogP contribution in [0.2, 0.25) is 0 Å². The van der Waals surface area contributed by atoms with Crippen LogP contribution < -0.4 is 9.47 Å². The number of methoxy groups -OCH3 is 2. The molecule has 1 unspecified atom stereocenters. The molecule has 0 amide bonds. The Kier molecular flexibility index (Phi) is 38.7. The molecule has 0 bridgehead atoms. The summed E-state index contributed by atoms with van der Waals surface area (Å²) in [7, 11) is 3.32. The van der Waals surface area contributed by atoms with E-state index in [9.17, 15) is 14.4 Å². The van der Waals surface area contributed by atoms with Gasteiger partial charge in [0.1, 0.15) is 28.8 Å². The van der Waals surface area contributed by atoms with Crippen molar-refractivity contribution in [3.8, 4) is 11.5 Å². The van der Waals surface area contributed by atoms with Crippen molar-refractivity contribution in [2.75, 3.05) is 27.4 Å². The molecule has 0 saturated heterocycles. The van der Waals surface area contributed by atoms with Crippen molar-refractivity contribution < 1.29 is 28.6 Å². The van der Waals surface area contributed by atoms with Gasteiger partial charge >= 0.3 is 0 Å². The van der Waals surface area contributed by atoms with E-state index in [-0.39, 0.29) is 0 Å². The third-order valence-electron chi connectivity index (χ3n) is 10.9. The highest BCUT2D eigenvalue weighted by atomic mass is 16.5. The van der Waals surface area contributed by atoms with E-state index < -0.39 is 0 Å². The second-order valence-electron chi connectivity index (χ2n) is 17.6. The van der Waals surface area contributed by atoms with Crippen LogP contribution >= 0.6 is 0 Å². The quantitative estimate of drug-likeness (QED) is 0.159. The largest absolute Gasteiger partial charge is 0.497 e. The molecule has 3 aromatic rings.